The van der Waals surface area contributed by atoms with Gasteiger partial charge < -0.3 is 9.88 Å². The standard InChI is InChI=1S/C19H18N6OS/c26-18(16-4-2-15(3-5-16)12-24-11-9-20-14-24)21-8-6-17-13-27-19(23-17)25-10-1-7-22-25/h1-5,7,9-11,13-14H,6,8,12H2,(H,21,26). The van der Waals surface area contributed by atoms with Crippen molar-refractivity contribution in [3.8, 4) is 5.13 Å². The zero-order valence-corrected chi connectivity index (χ0v) is 15.3. The van der Waals surface area contributed by atoms with Gasteiger partial charge >= 0.3 is 0 Å². The minimum absolute atomic E-state index is 0.0771. The lowest BCUT2D eigenvalue weighted by atomic mass is 10.1. The van der Waals surface area contributed by atoms with Crippen LogP contribution in [0.25, 0.3) is 5.13 Å². The van der Waals surface area contributed by atoms with Gasteiger partial charge in [-0.05, 0) is 23.8 Å². The molecule has 3 aromatic heterocycles. The normalized spacial score (nSPS) is 10.8. The zero-order valence-electron chi connectivity index (χ0n) is 14.5. The van der Waals surface area contributed by atoms with Crippen LogP contribution in [-0.2, 0) is 13.0 Å². The van der Waals surface area contributed by atoms with Gasteiger partial charge in [-0.2, -0.15) is 5.10 Å². The topological polar surface area (TPSA) is 77.6 Å². The van der Waals surface area contributed by atoms with Crippen molar-refractivity contribution >= 4 is 17.2 Å². The van der Waals surface area contributed by atoms with Crippen LogP contribution in [0.1, 0.15) is 21.6 Å². The number of benzene rings is 1. The number of thiazole rings is 1. The number of nitrogens with zero attached hydrogens (tertiary/aromatic N) is 5. The summed E-state index contributed by atoms with van der Waals surface area (Å²) >= 11 is 1.54. The molecule has 4 rings (SSSR count). The molecule has 0 aliphatic carbocycles. The summed E-state index contributed by atoms with van der Waals surface area (Å²) in [4.78, 5) is 20.9. The van der Waals surface area contributed by atoms with Crippen LogP contribution in [0, 0.1) is 0 Å². The molecule has 0 fully saturated rings. The summed E-state index contributed by atoms with van der Waals surface area (Å²) in [5, 5.41) is 9.94. The van der Waals surface area contributed by atoms with Gasteiger partial charge in [-0.15, -0.1) is 11.3 Å². The molecule has 136 valence electrons. The molecule has 8 heteroatoms. The number of aromatic nitrogens is 5. The number of carbonyl (C=O) groups is 1. The van der Waals surface area contributed by atoms with Crippen LogP contribution < -0.4 is 5.32 Å². The van der Waals surface area contributed by atoms with E-state index in [0.717, 1.165) is 22.9 Å². The van der Waals surface area contributed by atoms with E-state index in [0.29, 0.717) is 18.5 Å². The summed E-state index contributed by atoms with van der Waals surface area (Å²) in [6, 6.07) is 9.49. The van der Waals surface area contributed by atoms with Crippen molar-refractivity contribution in [1.82, 2.24) is 29.6 Å². The maximum atomic E-state index is 12.3. The van der Waals surface area contributed by atoms with Gasteiger partial charge in [0, 0.05) is 55.2 Å². The Hall–Kier alpha value is -3.26. The minimum Gasteiger partial charge on any atom is -0.352 e. The second kappa shape index (κ2) is 7.96. The SMILES string of the molecule is O=C(NCCc1csc(-n2cccn2)n1)c1ccc(Cn2ccnc2)cc1. The third-order valence-corrected chi connectivity index (χ3v) is 4.93. The van der Waals surface area contributed by atoms with E-state index in [1.165, 1.54) is 11.3 Å². The van der Waals surface area contributed by atoms with Crippen LogP contribution in [0.2, 0.25) is 0 Å². The van der Waals surface area contributed by atoms with Gasteiger partial charge in [-0.3, -0.25) is 4.79 Å². The average Bonchev–Trinajstić information content (AvgIpc) is 3.44. The molecule has 0 atom stereocenters. The first kappa shape index (κ1) is 17.2. The highest BCUT2D eigenvalue weighted by molar-refractivity contribution is 7.12. The van der Waals surface area contributed by atoms with Crippen LogP contribution in [0.5, 0.6) is 0 Å². The van der Waals surface area contributed by atoms with E-state index in [9.17, 15) is 4.79 Å². The van der Waals surface area contributed by atoms with Crippen LogP contribution in [0.15, 0.2) is 66.8 Å². The molecule has 27 heavy (non-hydrogen) atoms. The van der Waals surface area contributed by atoms with Crippen molar-refractivity contribution in [2.45, 2.75) is 13.0 Å². The second-order valence-electron chi connectivity index (χ2n) is 6.01. The van der Waals surface area contributed by atoms with Crippen LogP contribution in [0.3, 0.4) is 0 Å². The predicted octanol–water partition coefficient (Wildman–Crippen LogP) is 2.55. The number of amides is 1. The fourth-order valence-electron chi connectivity index (χ4n) is 2.66. The smallest absolute Gasteiger partial charge is 0.251 e. The Bertz CT molecular complexity index is 989. The number of imidazole rings is 1. The summed E-state index contributed by atoms with van der Waals surface area (Å²) < 4.78 is 3.72. The quantitative estimate of drug-likeness (QED) is 0.536. The largest absolute Gasteiger partial charge is 0.352 e. The molecule has 7 nitrogen and oxygen atoms in total. The highest BCUT2D eigenvalue weighted by Crippen LogP contribution is 2.14. The van der Waals surface area contributed by atoms with Gasteiger partial charge in [0.15, 0.2) is 0 Å². The second-order valence-corrected chi connectivity index (χ2v) is 6.85. The Morgan fingerprint density at radius 1 is 1.15 bits per heavy atom. The lowest BCUT2D eigenvalue weighted by Crippen LogP contribution is -2.25. The molecular weight excluding hydrogens is 360 g/mol. The zero-order chi connectivity index (χ0) is 18.5. The third-order valence-electron chi connectivity index (χ3n) is 4.05. The summed E-state index contributed by atoms with van der Waals surface area (Å²) in [5.74, 6) is -0.0771. The van der Waals surface area contributed by atoms with Gasteiger partial charge in [-0.25, -0.2) is 14.6 Å². The molecule has 1 aromatic carbocycles. The first-order valence-electron chi connectivity index (χ1n) is 8.55. The van der Waals surface area contributed by atoms with Gasteiger partial charge in [0.05, 0.1) is 12.0 Å². The summed E-state index contributed by atoms with van der Waals surface area (Å²) in [6.45, 7) is 1.28. The van der Waals surface area contributed by atoms with Crippen molar-refractivity contribution in [3.63, 3.8) is 0 Å². The lowest BCUT2D eigenvalue weighted by molar-refractivity contribution is 0.0954. The Morgan fingerprint density at radius 2 is 2.04 bits per heavy atom. The maximum absolute atomic E-state index is 12.3. The van der Waals surface area contributed by atoms with Crippen LogP contribution in [-0.4, -0.2) is 36.8 Å². The molecule has 1 N–H and O–H groups in total. The molecule has 0 radical (unpaired) electrons. The van der Waals surface area contributed by atoms with E-state index < -0.39 is 0 Å². The van der Waals surface area contributed by atoms with E-state index in [1.54, 1.807) is 23.4 Å². The fourth-order valence-corrected chi connectivity index (χ4v) is 3.46. The van der Waals surface area contributed by atoms with Crippen molar-refractivity contribution in [2.24, 2.45) is 0 Å². The number of hydrogen-bond donors (Lipinski definition) is 1. The van der Waals surface area contributed by atoms with Crippen LogP contribution >= 0.6 is 11.3 Å². The Balaban J connectivity index is 1.28. The molecule has 4 aromatic rings. The third kappa shape index (κ3) is 4.29. The summed E-state index contributed by atoms with van der Waals surface area (Å²) in [7, 11) is 0. The summed E-state index contributed by atoms with van der Waals surface area (Å²) in [6.07, 6.45) is 9.71. The van der Waals surface area contributed by atoms with Crippen LogP contribution in [0.4, 0.5) is 0 Å². The minimum atomic E-state index is -0.0771. The predicted molar refractivity (Wildman–Crippen MR) is 103 cm³/mol. The molecule has 3 heterocycles. The number of nitrogens with one attached hydrogen (secondary N) is 1. The highest BCUT2D eigenvalue weighted by atomic mass is 32.1. The Labute approximate surface area is 160 Å². The van der Waals surface area contributed by atoms with Gasteiger partial charge in [0.1, 0.15) is 0 Å². The highest BCUT2D eigenvalue weighted by Gasteiger charge is 2.07. The first-order chi connectivity index (χ1) is 13.3. The van der Waals surface area contributed by atoms with E-state index in [1.807, 2.05) is 52.7 Å². The van der Waals surface area contributed by atoms with Crippen molar-refractivity contribution in [2.75, 3.05) is 6.54 Å². The molecular formula is C19H18N6OS. The number of carbonyl (C=O) groups excluding carboxylic acids is 1. The van der Waals surface area contributed by atoms with E-state index >= 15 is 0 Å². The van der Waals surface area contributed by atoms with E-state index in [-0.39, 0.29) is 5.91 Å². The Morgan fingerprint density at radius 3 is 2.78 bits per heavy atom. The molecule has 0 bridgehead atoms. The van der Waals surface area contributed by atoms with Gasteiger partial charge in [0.25, 0.3) is 5.91 Å². The Kier molecular flexibility index (Phi) is 5.06. The average molecular weight is 378 g/mol. The molecule has 1 amide bonds. The summed E-state index contributed by atoms with van der Waals surface area (Å²) in [5.41, 5.74) is 2.72. The maximum Gasteiger partial charge on any atom is 0.251 e. The molecule has 0 aliphatic heterocycles. The fraction of sp³-hybridized carbons (Fsp3) is 0.158. The molecule has 0 saturated carbocycles. The molecule has 0 unspecified atom stereocenters. The number of rotatable bonds is 7. The first-order valence-corrected chi connectivity index (χ1v) is 9.43. The van der Waals surface area contributed by atoms with Gasteiger partial charge in [-0.1, -0.05) is 12.1 Å². The van der Waals surface area contributed by atoms with Crippen molar-refractivity contribution in [3.05, 3.63) is 83.6 Å². The van der Waals surface area contributed by atoms with Crippen molar-refractivity contribution < 1.29 is 4.79 Å². The molecule has 0 saturated heterocycles. The lowest BCUT2D eigenvalue weighted by Gasteiger charge is -2.06. The monoisotopic (exact) mass is 378 g/mol. The van der Waals surface area contributed by atoms with Crippen molar-refractivity contribution in [1.29, 1.82) is 0 Å². The van der Waals surface area contributed by atoms with E-state index in [2.05, 4.69) is 20.4 Å². The van der Waals surface area contributed by atoms with Gasteiger partial charge in [0.2, 0.25) is 5.13 Å². The van der Waals surface area contributed by atoms with E-state index in [4.69, 9.17) is 0 Å². The molecule has 0 spiro atoms. The molecule has 0 aliphatic rings. The number of hydrogen-bond acceptors (Lipinski definition) is 5.